The summed E-state index contributed by atoms with van der Waals surface area (Å²) in [6.45, 7) is 1.16. The zero-order valence-electron chi connectivity index (χ0n) is 11.3. The lowest BCUT2D eigenvalue weighted by molar-refractivity contribution is -0.130. The van der Waals surface area contributed by atoms with Crippen LogP contribution in [0.3, 0.4) is 0 Å². The molecule has 0 bridgehead atoms. The van der Waals surface area contributed by atoms with Crippen molar-refractivity contribution >= 4 is 23.6 Å². The number of benzene rings is 1. The van der Waals surface area contributed by atoms with E-state index in [4.69, 9.17) is 11.5 Å². The summed E-state index contributed by atoms with van der Waals surface area (Å²) < 4.78 is 0. The smallest absolute Gasteiger partial charge is 0.246 e. The van der Waals surface area contributed by atoms with E-state index in [1.165, 1.54) is 0 Å². The maximum Gasteiger partial charge on any atom is 0.246 e. The Kier molecular flexibility index (Phi) is 4.40. The largest absolute Gasteiger partial charge is 0.399 e. The molecule has 4 N–H and O–H groups in total. The summed E-state index contributed by atoms with van der Waals surface area (Å²) in [6.07, 6.45) is 4.62. The van der Waals surface area contributed by atoms with Crippen LogP contribution >= 0.6 is 0 Å². The maximum absolute atomic E-state index is 12.0. The molecule has 1 heterocycles. The number of hydrogen-bond acceptors (Lipinski definition) is 3. The molecular formula is C15H19N3O2. The molecule has 0 radical (unpaired) electrons. The third-order valence-corrected chi connectivity index (χ3v) is 3.56. The average molecular weight is 273 g/mol. The molecule has 1 fully saturated rings. The highest BCUT2D eigenvalue weighted by molar-refractivity contribution is 5.92. The highest BCUT2D eigenvalue weighted by Crippen LogP contribution is 2.17. The summed E-state index contributed by atoms with van der Waals surface area (Å²) >= 11 is 0. The summed E-state index contributed by atoms with van der Waals surface area (Å²) in [4.78, 5) is 24.8. The van der Waals surface area contributed by atoms with Crippen LogP contribution in [0, 0.1) is 5.92 Å². The molecular weight excluding hydrogens is 254 g/mol. The van der Waals surface area contributed by atoms with Crippen LogP contribution in [0.5, 0.6) is 0 Å². The van der Waals surface area contributed by atoms with Crippen LogP contribution < -0.4 is 11.5 Å². The minimum Gasteiger partial charge on any atom is -0.399 e. The van der Waals surface area contributed by atoms with Gasteiger partial charge in [0.05, 0.1) is 0 Å². The fourth-order valence-corrected chi connectivity index (χ4v) is 2.26. The Bertz CT molecular complexity index is 514. The standard InChI is InChI=1S/C15H19N3O2/c16-13-4-1-11(2-5-13)3-6-14(19)18-9-7-12(8-10-18)15(17)20/h1-6,12H,7-10,16H2,(H2,17,20)/b6-3+. The lowest BCUT2D eigenvalue weighted by atomic mass is 9.96. The number of amides is 2. The Balaban J connectivity index is 1.89. The minimum atomic E-state index is -0.269. The van der Waals surface area contributed by atoms with Gasteiger partial charge in [0.2, 0.25) is 11.8 Å². The van der Waals surface area contributed by atoms with Gasteiger partial charge < -0.3 is 16.4 Å². The van der Waals surface area contributed by atoms with Crippen molar-refractivity contribution in [1.29, 1.82) is 0 Å². The number of piperidine rings is 1. The van der Waals surface area contributed by atoms with Gasteiger partial charge in [0.1, 0.15) is 0 Å². The fraction of sp³-hybridized carbons (Fsp3) is 0.333. The van der Waals surface area contributed by atoms with Crippen LogP contribution in [0.2, 0.25) is 0 Å². The van der Waals surface area contributed by atoms with E-state index in [9.17, 15) is 9.59 Å². The first-order chi connectivity index (χ1) is 9.56. The van der Waals surface area contributed by atoms with Crippen LogP contribution in [0.15, 0.2) is 30.3 Å². The molecule has 0 aliphatic carbocycles. The monoisotopic (exact) mass is 273 g/mol. The first-order valence-electron chi connectivity index (χ1n) is 6.68. The van der Waals surface area contributed by atoms with E-state index in [1.807, 2.05) is 12.1 Å². The molecule has 1 aromatic rings. The van der Waals surface area contributed by atoms with Gasteiger partial charge in [-0.05, 0) is 36.6 Å². The Hall–Kier alpha value is -2.30. The molecule has 0 atom stereocenters. The number of nitrogens with two attached hydrogens (primary N) is 2. The summed E-state index contributed by atoms with van der Waals surface area (Å²) in [7, 11) is 0. The Morgan fingerprint density at radius 2 is 1.75 bits per heavy atom. The predicted octanol–water partition coefficient (Wildman–Crippen LogP) is 1.01. The third-order valence-electron chi connectivity index (χ3n) is 3.56. The molecule has 1 aliphatic rings. The van der Waals surface area contributed by atoms with Crippen LogP contribution in [0.25, 0.3) is 6.08 Å². The number of carbonyl (C=O) groups is 2. The van der Waals surface area contributed by atoms with Crippen LogP contribution in [-0.4, -0.2) is 29.8 Å². The topological polar surface area (TPSA) is 89.4 Å². The minimum absolute atomic E-state index is 0.0373. The quantitative estimate of drug-likeness (QED) is 0.636. The Morgan fingerprint density at radius 1 is 1.15 bits per heavy atom. The third kappa shape index (κ3) is 3.60. The fourth-order valence-electron chi connectivity index (χ4n) is 2.26. The zero-order chi connectivity index (χ0) is 14.5. The molecule has 0 aromatic heterocycles. The number of anilines is 1. The SMILES string of the molecule is NC(=O)C1CCN(C(=O)/C=C/c2ccc(N)cc2)CC1. The molecule has 0 saturated carbocycles. The molecule has 1 aromatic carbocycles. The van der Waals surface area contributed by atoms with Gasteiger partial charge in [-0.1, -0.05) is 12.1 Å². The maximum atomic E-state index is 12.0. The number of hydrogen-bond donors (Lipinski definition) is 2. The molecule has 0 spiro atoms. The van der Waals surface area contributed by atoms with Gasteiger partial charge in [-0.2, -0.15) is 0 Å². The van der Waals surface area contributed by atoms with Crippen LogP contribution in [0.1, 0.15) is 18.4 Å². The van der Waals surface area contributed by atoms with Crippen molar-refractivity contribution in [3.8, 4) is 0 Å². The van der Waals surface area contributed by atoms with Crippen molar-refractivity contribution in [3.05, 3.63) is 35.9 Å². The van der Waals surface area contributed by atoms with Gasteiger partial charge in [-0.25, -0.2) is 0 Å². The first-order valence-corrected chi connectivity index (χ1v) is 6.68. The van der Waals surface area contributed by atoms with E-state index in [1.54, 1.807) is 29.2 Å². The van der Waals surface area contributed by atoms with E-state index in [2.05, 4.69) is 0 Å². The molecule has 5 heteroatoms. The normalized spacial score (nSPS) is 16.5. The van der Waals surface area contributed by atoms with Crippen LogP contribution in [-0.2, 0) is 9.59 Å². The van der Waals surface area contributed by atoms with Crippen molar-refractivity contribution in [2.75, 3.05) is 18.8 Å². The van der Waals surface area contributed by atoms with Crippen molar-refractivity contribution in [2.45, 2.75) is 12.8 Å². The van der Waals surface area contributed by atoms with Gasteiger partial charge in [0, 0.05) is 30.8 Å². The van der Waals surface area contributed by atoms with Gasteiger partial charge in [-0.15, -0.1) is 0 Å². The number of likely N-dealkylation sites (tertiary alicyclic amines) is 1. The lowest BCUT2D eigenvalue weighted by Crippen LogP contribution is -2.41. The molecule has 2 rings (SSSR count). The molecule has 2 amide bonds. The summed E-state index contributed by atoms with van der Waals surface area (Å²) in [5.41, 5.74) is 12.5. The number of nitrogens with zero attached hydrogens (tertiary/aromatic N) is 1. The lowest BCUT2D eigenvalue weighted by Gasteiger charge is -2.29. The summed E-state index contributed by atoms with van der Waals surface area (Å²) in [5, 5.41) is 0. The van der Waals surface area contributed by atoms with Gasteiger partial charge in [0.25, 0.3) is 0 Å². The highest BCUT2D eigenvalue weighted by atomic mass is 16.2. The number of rotatable bonds is 3. The number of carbonyl (C=O) groups excluding carboxylic acids is 2. The Labute approximate surface area is 118 Å². The van der Waals surface area contributed by atoms with E-state index >= 15 is 0 Å². The van der Waals surface area contributed by atoms with Gasteiger partial charge >= 0.3 is 0 Å². The molecule has 20 heavy (non-hydrogen) atoms. The van der Waals surface area contributed by atoms with Crippen molar-refractivity contribution in [1.82, 2.24) is 4.90 Å². The number of primary amides is 1. The van der Waals surface area contributed by atoms with Gasteiger partial charge in [-0.3, -0.25) is 9.59 Å². The van der Waals surface area contributed by atoms with Crippen molar-refractivity contribution in [3.63, 3.8) is 0 Å². The van der Waals surface area contributed by atoms with Crippen molar-refractivity contribution in [2.24, 2.45) is 11.7 Å². The van der Waals surface area contributed by atoms with E-state index < -0.39 is 0 Å². The zero-order valence-corrected chi connectivity index (χ0v) is 11.3. The Morgan fingerprint density at radius 3 is 2.30 bits per heavy atom. The predicted molar refractivity (Wildman–Crippen MR) is 78.4 cm³/mol. The first kappa shape index (κ1) is 14.1. The summed E-state index contributed by atoms with van der Waals surface area (Å²) in [5.74, 6) is -0.403. The van der Waals surface area contributed by atoms with Crippen LogP contribution in [0.4, 0.5) is 5.69 Å². The van der Waals surface area contributed by atoms with Crippen molar-refractivity contribution < 1.29 is 9.59 Å². The second-order valence-corrected chi connectivity index (χ2v) is 5.00. The van der Waals surface area contributed by atoms with Gasteiger partial charge in [0.15, 0.2) is 0 Å². The molecule has 1 saturated heterocycles. The number of nitrogen functional groups attached to an aromatic ring is 1. The average Bonchev–Trinajstić information content (AvgIpc) is 2.46. The van der Waals surface area contributed by atoms with E-state index in [0.29, 0.717) is 31.6 Å². The second kappa shape index (κ2) is 6.23. The summed E-state index contributed by atoms with van der Waals surface area (Å²) in [6, 6.07) is 7.31. The second-order valence-electron chi connectivity index (χ2n) is 5.00. The molecule has 0 unspecified atom stereocenters. The molecule has 5 nitrogen and oxygen atoms in total. The molecule has 106 valence electrons. The van der Waals surface area contributed by atoms with E-state index in [-0.39, 0.29) is 17.7 Å². The highest BCUT2D eigenvalue weighted by Gasteiger charge is 2.24. The van der Waals surface area contributed by atoms with E-state index in [0.717, 1.165) is 5.56 Å². The molecule has 1 aliphatic heterocycles.